The summed E-state index contributed by atoms with van der Waals surface area (Å²) in [6.07, 6.45) is 0.606. The summed E-state index contributed by atoms with van der Waals surface area (Å²) in [5.41, 5.74) is 0.820. The Labute approximate surface area is 117 Å². The summed E-state index contributed by atoms with van der Waals surface area (Å²) in [6.45, 7) is 0.424. The van der Waals surface area contributed by atoms with Crippen LogP contribution in [0.25, 0.3) is 0 Å². The molecule has 0 radical (unpaired) electrons. The third-order valence-electron chi connectivity index (χ3n) is 3.40. The average Bonchev–Trinajstić information content (AvgIpc) is 2.75. The quantitative estimate of drug-likeness (QED) is 0.631. The molecule has 7 nitrogen and oxygen atoms in total. The van der Waals surface area contributed by atoms with E-state index in [2.05, 4.69) is 10.6 Å². The fourth-order valence-electron chi connectivity index (χ4n) is 2.37. The molecule has 0 amide bonds. The highest BCUT2D eigenvalue weighted by Gasteiger charge is 2.28. The molecule has 110 valence electrons. The molecule has 1 aliphatic rings. The number of rotatable bonds is 5. The number of nitrogens with one attached hydrogen (secondary N) is 2. The maximum absolute atomic E-state index is 11.4. The summed E-state index contributed by atoms with van der Waals surface area (Å²) in [5, 5.41) is 16.9. The number of nitrogens with zero attached hydrogens (tertiary/aromatic N) is 1. The van der Waals surface area contributed by atoms with Crippen molar-refractivity contribution in [3.8, 4) is 0 Å². The first-order chi connectivity index (χ1) is 9.43. The first kappa shape index (κ1) is 14.6. The molecule has 0 bridgehead atoms. The molecule has 1 atom stereocenters. The number of nitro groups is 1. The van der Waals surface area contributed by atoms with Gasteiger partial charge in [0.2, 0.25) is 0 Å². The number of sulfone groups is 1. The first-order valence-corrected chi connectivity index (χ1v) is 8.14. The Balaban J connectivity index is 2.12. The largest absolute Gasteiger partial charge is 0.382 e. The molecule has 8 heteroatoms. The van der Waals surface area contributed by atoms with Crippen LogP contribution in [0.4, 0.5) is 17.1 Å². The van der Waals surface area contributed by atoms with Crippen LogP contribution >= 0.6 is 0 Å². The highest BCUT2D eigenvalue weighted by Crippen LogP contribution is 2.33. The van der Waals surface area contributed by atoms with Crippen molar-refractivity contribution in [3.05, 3.63) is 28.3 Å². The lowest BCUT2D eigenvalue weighted by Gasteiger charge is -2.12. The lowest BCUT2D eigenvalue weighted by molar-refractivity contribution is -0.383. The van der Waals surface area contributed by atoms with E-state index in [0.29, 0.717) is 24.3 Å². The SMILES string of the molecule is CNc1cccc(NCC2CCS(=O)(=O)C2)c1[N+](=O)[O-]. The molecule has 0 saturated carbocycles. The van der Waals surface area contributed by atoms with E-state index in [9.17, 15) is 18.5 Å². The first-order valence-electron chi connectivity index (χ1n) is 6.32. The van der Waals surface area contributed by atoms with Crippen molar-refractivity contribution >= 4 is 26.9 Å². The maximum atomic E-state index is 11.4. The van der Waals surface area contributed by atoms with Crippen LogP contribution < -0.4 is 10.6 Å². The summed E-state index contributed by atoms with van der Waals surface area (Å²) in [7, 11) is -1.30. The second kappa shape index (κ2) is 5.66. The zero-order chi connectivity index (χ0) is 14.8. The van der Waals surface area contributed by atoms with Crippen LogP contribution in [-0.2, 0) is 9.84 Å². The molecule has 1 unspecified atom stereocenters. The molecule has 0 aliphatic carbocycles. The van der Waals surface area contributed by atoms with Crippen molar-refractivity contribution in [2.24, 2.45) is 5.92 Å². The second-order valence-corrected chi connectivity index (χ2v) is 7.09. The molecule has 1 aliphatic heterocycles. The average molecular weight is 299 g/mol. The molecular weight excluding hydrogens is 282 g/mol. The standard InChI is InChI=1S/C12H17N3O4S/c1-13-10-3-2-4-11(12(10)15(16)17)14-7-9-5-6-20(18,19)8-9/h2-4,9,13-14H,5-8H2,1H3. The van der Waals surface area contributed by atoms with Gasteiger partial charge in [-0.1, -0.05) is 6.07 Å². The van der Waals surface area contributed by atoms with Gasteiger partial charge in [0.25, 0.3) is 0 Å². The molecule has 1 fully saturated rings. The van der Waals surface area contributed by atoms with Gasteiger partial charge in [-0.15, -0.1) is 0 Å². The smallest absolute Gasteiger partial charge is 0.315 e. The van der Waals surface area contributed by atoms with E-state index in [1.807, 2.05) is 0 Å². The van der Waals surface area contributed by atoms with E-state index in [1.165, 1.54) is 0 Å². The predicted octanol–water partition coefficient (Wildman–Crippen LogP) is 1.48. The number of hydrogen-bond donors (Lipinski definition) is 2. The van der Waals surface area contributed by atoms with Crippen LogP contribution in [0.15, 0.2) is 18.2 Å². The monoisotopic (exact) mass is 299 g/mol. The van der Waals surface area contributed by atoms with Crippen LogP contribution in [0.1, 0.15) is 6.42 Å². The van der Waals surface area contributed by atoms with Gasteiger partial charge in [-0.05, 0) is 24.5 Å². The molecule has 0 aromatic heterocycles. The fourth-order valence-corrected chi connectivity index (χ4v) is 4.23. The Morgan fingerprint density at radius 1 is 1.40 bits per heavy atom. The molecule has 1 aromatic carbocycles. The minimum absolute atomic E-state index is 0.0119. The van der Waals surface area contributed by atoms with Crippen molar-refractivity contribution in [2.45, 2.75) is 6.42 Å². The topological polar surface area (TPSA) is 101 Å². The summed E-state index contributed by atoms with van der Waals surface area (Å²) < 4.78 is 22.8. The number of benzene rings is 1. The number of hydrogen-bond acceptors (Lipinski definition) is 6. The predicted molar refractivity (Wildman–Crippen MR) is 77.9 cm³/mol. The van der Waals surface area contributed by atoms with Gasteiger partial charge >= 0.3 is 5.69 Å². The van der Waals surface area contributed by atoms with Crippen LogP contribution in [-0.4, -0.2) is 38.4 Å². The van der Waals surface area contributed by atoms with Gasteiger partial charge in [0, 0.05) is 13.6 Å². The Hall–Kier alpha value is -1.83. The van der Waals surface area contributed by atoms with Crippen LogP contribution in [0.2, 0.25) is 0 Å². The molecule has 1 saturated heterocycles. The number of nitro benzene ring substituents is 1. The molecule has 2 N–H and O–H groups in total. The third kappa shape index (κ3) is 3.19. The maximum Gasteiger partial charge on any atom is 0.315 e. The number of anilines is 2. The Morgan fingerprint density at radius 3 is 2.65 bits per heavy atom. The Morgan fingerprint density at radius 2 is 2.10 bits per heavy atom. The van der Waals surface area contributed by atoms with E-state index in [0.717, 1.165) is 0 Å². The van der Waals surface area contributed by atoms with Crippen molar-refractivity contribution in [3.63, 3.8) is 0 Å². The fraction of sp³-hybridized carbons (Fsp3) is 0.500. The van der Waals surface area contributed by atoms with E-state index >= 15 is 0 Å². The second-order valence-electron chi connectivity index (χ2n) is 4.86. The zero-order valence-electron chi connectivity index (χ0n) is 11.1. The molecule has 2 rings (SSSR count). The summed E-state index contributed by atoms with van der Waals surface area (Å²) in [5.74, 6) is 0.371. The Kier molecular flexibility index (Phi) is 4.12. The van der Waals surface area contributed by atoms with Gasteiger partial charge in [0.1, 0.15) is 11.4 Å². The van der Waals surface area contributed by atoms with E-state index in [-0.39, 0.29) is 23.1 Å². The van der Waals surface area contributed by atoms with Gasteiger partial charge in [-0.25, -0.2) is 8.42 Å². The van der Waals surface area contributed by atoms with Crippen LogP contribution in [0.3, 0.4) is 0 Å². The third-order valence-corrected chi connectivity index (χ3v) is 5.23. The highest BCUT2D eigenvalue weighted by molar-refractivity contribution is 7.91. The highest BCUT2D eigenvalue weighted by atomic mass is 32.2. The molecule has 1 heterocycles. The van der Waals surface area contributed by atoms with Crippen molar-refractivity contribution in [2.75, 3.05) is 35.7 Å². The summed E-state index contributed by atoms with van der Waals surface area (Å²) >= 11 is 0. The lowest BCUT2D eigenvalue weighted by Crippen LogP contribution is -2.16. The summed E-state index contributed by atoms with van der Waals surface area (Å²) in [6, 6.07) is 4.97. The molecule has 1 aromatic rings. The van der Waals surface area contributed by atoms with Crippen molar-refractivity contribution in [1.82, 2.24) is 0 Å². The summed E-state index contributed by atoms with van der Waals surface area (Å²) in [4.78, 5) is 10.7. The van der Waals surface area contributed by atoms with E-state index in [1.54, 1.807) is 25.2 Å². The lowest BCUT2D eigenvalue weighted by atomic mass is 10.1. The van der Waals surface area contributed by atoms with Crippen LogP contribution in [0.5, 0.6) is 0 Å². The van der Waals surface area contributed by atoms with Crippen molar-refractivity contribution < 1.29 is 13.3 Å². The van der Waals surface area contributed by atoms with Gasteiger partial charge in [0.15, 0.2) is 9.84 Å². The van der Waals surface area contributed by atoms with E-state index < -0.39 is 14.8 Å². The van der Waals surface area contributed by atoms with E-state index in [4.69, 9.17) is 0 Å². The zero-order valence-corrected chi connectivity index (χ0v) is 11.9. The van der Waals surface area contributed by atoms with Gasteiger partial charge in [-0.3, -0.25) is 10.1 Å². The van der Waals surface area contributed by atoms with Crippen LogP contribution in [0, 0.1) is 16.0 Å². The number of para-hydroxylation sites is 1. The van der Waals surface area contributed by atoms with Gasteiger partial charge in [0.05, 0.1) is 16.4 Å². The Bertz CT molecular complexity index is 615. The molecular formula is C12H17N3O4S. The minimum atomic E-state index is -2.93. The van der Waals surface area contributed by atoms with Gasteiger partial charge < -0.3 is 10.6 Å². The minimum Gasteiger partial charge on any atom is -0.382 e. The molecule has 0 spiro atoms. The van der Waals surface area contributed by atoms with Crippen molar-refractivity contribution in [1.29, 1.82) is 0 Å². The normalized spacial score (nSPS) is 20.6. The van der Waals surface area contributed by atoms with Gasteiger partial charge in [-0.2, -0.15) is 0 Å². The molecule has 20 heavy (non-hydrogen) atoms.